The van der Waals surface area contributed by atoms with E-state index in [9.17, 15) is 18.0 Å². The molecule has 2 aliphatic heterocycles. The first-order valence-electron chi connectivity index (χ1n) is 8.32. The number of carbonyl (C=O) groups excluding carboxylic acids is 1. The fourth-order valence-electron chi connectivity index (χ4n) is 3.26. The molecular weight excluding hydrogens is 367 g/mol. The molecule has 1 amide bonds. The van der Waals surface area contributed by atoms with Crippen molar-refractivity contribution in [3.05, 3.63) is 42.2 Å². The van der Waals surface area contributed by atoms with Gasteiger partial charge in [-0.25, -0.2) is 9.67 Å². The van der Waals surface area contributed by atoms with Gasteiger partial charge < -0.3 is 14.4 Å². The molecule has 2 aromatic heterocycles. The minimum atomic E-state index is -4.65. The van der Waals surface area contributed by atoms with Gasteiger partial charge in [0.2, 0.25) is 0 Å². The molecule has 2 fully saturated rings. The molecule has 2 saturated heterocycles. The van der Waals surface area contributed by atoms with Gasteiger partial charge in [0, 0.05) is 19.3 Å². The molecular formula is C16H16F3N5O3. The summed E-state index contributed by atoms with van der Waals surface area (Å²) in [5, 5.41) is 4.06. The average Bonchev–Trinajstić information content (AvgIpc) is 3.28. The van der Waals surface area contributed by atoms with Crippen LogP contribution in [0.2, 0.25) is 0 Å². The Morgan fingerprint density at radius 2 is 1.89 bits per heavy atom. The van der Waals surface area contributed by atoms with E-state index in [1.807, 2.05) is 0 Å². The lowest BCUT2D eigenvalue weighted by atomic mass is 10.1. The van der Waals surface area contributed by atoms with Crippen molar-refractivity contribution < 1.29 is 27.4 Å². The first-order chi connectivity index (χ1) is 12.9. The number of aromatic nitrogens is 4. The van der Waals surface area contributed by atoms with Crippen molar-refractivity contribution in [2.75, 3.05) is 26.3 Å². The zero-order chi connectivity index (χ0) is 19.0. The predicted molar refractivity (Wildman–Crippen MR) is 83.7 cm³/mol. The van der Waals surface area contributed by atoms with E-state index in [4.69, 9.17) is 9.47 Å². The van der Waals surface area contributed by atoms with Crippen LogP contribution in [0.15, 0.2) is 31.0 Å². The topological polar surface area (TPSA) is 82.4 Å². The van der Waals surface area contributed by atoms with Crippen LogP contribution in [-0.4, -0.2) is 69.1 Å². The van der Waals surface area contributed by atoms with Gasteiger partial charge in [-0.15, -0.1) is 0 Å². The minimum absolute atomic E-state index is 0.140. The summed E-state index contributed by atoms with van der Waals surface area (Å²) in [5.74, 6) is -0.781. The number of fused-ring (bicyclic) bond motifs is 1. The van der Waals surface area contributed by atoms with Crippen LogP contribution in [-0.2, 0) is 15.7 Å². The molecule has 0 spiro atoms. The minimum Gasteiger partial charge on any atom is -0.371 e. The molecule has 11 heteroatoms. The van der Waals surface area contributed by atoms with Gasteiger partial charge in [-0.3, -0.25) is 9.78 Å². The zero-order valence-corrected chi connectivity index (χ0v) is 14.0. The number of ether oxygens (including phenoxy) is 2. The Bertz CT molecular complexity index is 798. The SMILES string of the molecule is O=C(c1ncccc1C(F)(F)F)N1C[C@@H]2OCC(n3cncn3)CO[C@H]2C1. The van der Waals surface area contributed by atoms with Crippen molar-refractivity contribution in [3.8, 4) is 0 Å². The van der Waals surface area contributed by atoms with Crippen LogP contribution >= 0.6 is 0 Å². The van der Waals surface area contributed by atoms with Crippen LogP contribution in [0.3, 0.4) is 0 Å². The second-order valence-electron chi connectivity index (χ2n) is 6.38. The van der Waals surface area contributed by atoms with Crippen molar-refractivity contribution >= 4 is 5.91 Å². The maximum absolute atomic E-state index is 13.1. The van der Waals surface area contributed by atoms with E-state index < -0.39 is 35.5 Å². The number of alkyl halides is 3. The summed E-state index contributed by atoms with van der Waals surface area (Å²) >= 11 is 0. The first-order valence-corrected chi connectivity index (χ1v) is 8.32. The number of pyridine rings is 1. The molecule has 4 heterocycles. The third-order valence-corrected chi connectivity index (χ3v) is 4.63. The number of carbonyl (C=O) groups is 1. The molecule has 2 aromatic rings. The predicted octanol–water partition coefficient (Wildman–Crippen LogP) is 1.17. The third kappa shape index (κ3) is 3.52. The van der Waals surface area contributed by atoms with Crippen molar-refractivity contribution in [1.29, 1.82) is 0 Å². The largest absolute Gasteiger partial charge is 0.418 e. The maximum atomic E-state index is 13.1. The van der Waals surface area contributed by atoms with E-state index in [-0.39, 0.29) is 19.1 Å². The Kier molecular flexibility index (Phi) is 4.56. The van der Waals surface area contributed by atoms with Crippen molar-refractivity contribution in [2.24, 2.45) is 0 Å². The number of hydrogen-bond donors (Lipinski definition) is 0. The van der Waals surface area contributed by atoms with Gasteiger partial charge in [0.25, 0.3) is 5.91 Å². The summed E-state index contributed by atoms with van der Waals surface area (Å²) in [6.07, 6.45) is -1.33. The monoisotopic (exact) mass is 383 g/mol. The fourth-order valence-corrected chi connectivity index (χ4v) is 3.26. The molecule has 2 aliphatic rings. The summed E-state index contributed by atoms with van der Waals surface area (Å²) < 4.78 is 52.7. The van der Waals surface area contributed by atoms with Gasteiger partial charge in [-0.2, -0.15) is 18.3 Å². The number of rotatable bonds is 2. The molecule has 0 aliphatic carbocycles. The first kappa shape index (κ1) is 17.9. The van der Waals surface area contributed by atoms with E-state index in [1.165, 1.54) is 17.4 Å². The highest BCUT2D eigenvalue weighted by Crippen LogP contribution is 2.32. The lowest BCUT2D eigenvalue weighted by Crippen LogP contribution is -2.33. The molecule has 0 saturated carbocycles. The van der Waals surface area contributed by atoms with Gasteiger partial charge in [-0.1, -0.05) is 0 Å². The van der Waals surface area contributed by atoms with Gasteiger partial charge >= 0.3 is 6.18 Å². The van der Waals surface area contributed by atoms with Crippen LogP contribution in [0.1, 0.15) is 22.1 Å². The molecule has 0 bridgehead atoms. The second-order valence-corrected chi connectivity index (χ2v) is 6.38. The molecule has 0 radical (unpaired) electrons. The van der Waals surface area contributed by atoms with Gasteiger partial charge in [0.15, 0.2) is 0 Å². The number of likely N-dealkylation sites (tertiary alicyclic amines) is 1. The summed E-state index contributed by atoms with van der Waals surface area (Å²) in [7, 11) is 0. The zero-order valence-electron chi connectivity index (χ0n) is 14.0. The van der Waals surface area contributed by atoms with Crippen molar-refractivity contribution in [3.63, 3.8) is 0 Å². The maximum Gasteiger partial charge on any atom is 0.418 e. The number of halogens is 3. The number of nitrogens with zero attached hydrogens (tertiary/aromatic N) is 5. The highest BCUT2D eigenvalue weighted by atomic mass is 19.4. The molecule has 2 atom stereocenters. The van der Waals surface area contributed by atoms with Crippen LogP contribution in [0.5, 0.6) is 0 Å². The summed E-state index contributed by atoms with van der Waals surface area (Å²) in [4.78, 5) is 21.5. The normalized spacial score (nSPS) is 23.9. The highest BCUT2D eigenvalue weighted by molar-refractivity contribution is 5.94. The Balaban J connectivity index is 1.46. The van der Waals surface area contributed by atoms with Crippen LogP contribution in [0.25, 0.3) is 0 Å². The van der Waals surface area contributed by atoms with Crippen molar-refractivity contribution in [2.45, 2.75) is 24.4 Å². The summed E-state index contributed by atoms with van der Waals surface area (Å²) in [6.45, 7) is 0.900. The standard InChI is InChI=1S/C16H16F3N5O3/c17-16(18,19)11-2-1-3-21-14(11)15(25)23-4-12-13(5-23)27-7-10(6-26-12)24-9-20-8-22-24/h1-3,8-10,12-13H,4-7H2/t12-,13-/m0/s1. The molecule has 4 rings (SSSR count). The van der Waals surface area contributed by atoms with Crippen LogP contribution < -0.4 is 0 Å². The van der Waals surface area contributed by atoms with Gasteiger partial charge in [-0.05, 0) is 12.1 Å². The summed E-state index contributed by atoms with van der Waals surface area (Å²) in [5.41, 5.74) is -1.66. The second kappa shape index (κ2) is 6.89. The Morgan fingerprint density at radius 3 is 2.48 bits per heavy atom. The van der Waals surface area contributed by atoms with E-state index in [1.54, 1.807) is 11.0 Å². The quantitative estimate of drug-likeness (QED) is 0.775. The molecule has 8 nitrogen and oxygen atoms in total. The molecule has 0 N–H and O–H groups in total. The Hall–Kier alpha value is -2.53. The van der Waals surface area contributed by atoms with Gasteiger partial charge in [0.1, 0.15) is 36.6 Å². The lowest BCUT2D eigenvalue weighted by molar-refractivity contribution is -0.138. The molecule has 0 unspecified atom stereocenters. The van der Waals surface area contributed by atoms with E-state index in [0.717, 1.165) is 12.1 Å². The van der Waals surface area contributed by atoms with E-state index >= 15 is 0 Å². The fraction of sp³-hybridized carbons (Fsp3) is 0.500. The highest BCUT2D eigenvalue weighted by Gasteiger charge is 2.43. The van der Waals surface area contributed by atoms with Crippen LogP contribution in [0, 0.1) is 0 Å². The van der Waals surface area contributed by atoms with E-state index in [0.29, 0.717) is 13.2 Å². The molecule has 0 aromatic carbocycles. The van der Waals surface area contributed by atoms with E-state index in [2.05, 4.69) is 15.1 Å². The average molecular weight is 383 g/mol. The number of hydrogen-bond acceptors (Lipinski definition) is 6. The molecule has 27 heavy (non-hydrogen) atoms. The number of amides is 1. The Morgan fingerprint density at radius 1 is 1.19 bits per heavy atom. The Labute approximate surface area is 151 Å². The van der Waals surface area contributed by atoms with Gasteiger partial charge in [0.05, 0.1) is 18.8 Å². The smallest absolute Gasteiger partial charge is 0.371 e. The van der Waals surface area contributed by atoms with Crippen LogP contribution in [0.4, 0.5) is 13.2 Å². The lowest BCUT2D eigenvalue weighted by Gasteiger charge is -2.20. The third-order valence-electron chi connectivity index (χ3n) is 4.63. The summed E-state index contributed by atoms with van der Waals surface area (Å²) in [6, 6.07) is 1.86. The molecule has 144 valence electrons. The van der Waals surface area contributed by atoms with Crippen molar-refractivity contribution in [1.82, 2.24) is 24.6 Å².